The maximum Gasteiger partial charge on any atom is 0.408 e. The number of ketones is 1. The van der Waals surface area contributed by atoms with E-state index in [1.807, 2.05) is 0 Å². The summed E-state index contributed by atoms with van der Waals surface area (Å²) in [6, 6.07) is -0.987. The Balaban J connectivity index is 2.68. The number of hydrogen-bond donors (Lipinski definition) is 2. The Hall–Kier alpha value is -1.60. The van der Waals surface area contributed by atoms with Crippen LogP contribution in [0.1, 0.15) is 19.3 Å². The highest BCUT2D eigenvalue weighted by atomic mass is 35.5. The van der Waals surface area contributed by atoms with E-state index in [1.165, 1.54) is 13.2 Å². The van der Waals surface area contributed by atoms with E-state index in [0.29, 0.717) is 6.42 Å². The van der Waals surface area contributed by atoms with Crippen molar-refractivity contribution < 1.29 is 29.0 Å². The molecule has 0 spiro atoms. The summed E-state index contributed by atoms with van der Waals surface area (Å²) in [5, 5.41) is 11.4. The molecule has 7 nitrogen and oxygen atoms in total. The van der Waals surface area contributed by atoms with Gasteiger partial charge in [0.2, 0.25) is 0 Å². The van der Waals surface area contributed by atoms with E-state index >= 15 is 0 Å². The summed E-state index contributed by atoms with van der Waals surface area (Å²) in [7, 11) is 1.19. The fraction of sp³-hybridized carbons (Fsp3) is 0.643. The Morgan fingerprint density at radius 2 is 2.27 bits per heavy atom. The van der Waals surface area contributed by atoms with Crippen molar-refractivity contribution in [2.75, 3.05) is 13.7 Å². The number of carbonyl (C=O) groups excluding carboxylic acids is 3. The second kappa shape index (κ2) is 8.75. The van der Waals surface area contributed by atoms with Gasteiger partial charge in [0.05, 0.1) is 13.2 Å². The van der Waals surface area contributed by atoms with Crippen LogP contribution in [0.3, 0.4) is 0 Å². The van der Waals surface area contributed by atoms with Crippen molar-refractivity contribution in [2.45, 2.75) is 36.8 Å². The van der Waals surface area contributed by atoms with E-state index in [-0.39, 0.29) is 25.2 Å². The average Bonchev–Trinajstić information content (AvgIpc) is 2.51. The minimum atomic E-state index is -1.07. The van der Waals surface area contributed by atoms with Crippen LogP contribution in [0.4, 0.5) is 4.79 Å². The minimum absolute atomic E-state index is 0.00400. The lowest BCUT2D eigenvalue weighted by atomic mass is 9.81. The van der Waals surface area contributed by atoms with E-state index in [9.17, 15) is 19.5 Å². The molecule has 22 heavy (non-hydrogen) atoms. The molecular weight excluding hydrogens is 314 g/mol. The molecule has 1 amide bonds. The summed E-state index contributed by atoms with van der Waals surface area (Å²) >= 11 is 5.84. The van der Waals surface area contributed by atoms with Crippen LogP contribution in [-0.4, -0.2) is 54.2 Å². The van der Waals surface area contributed by atoms with Gasteiger partial charge in [-0.05, 0) is 18.8 Å². The van der Waals surface area contributed by atoms with Gasteiger partial charge in [0.25, 0.3) is 0 Å². The zero-order valence-corrected chi connectivity index (χ0v) is 13.0. The molecule has 4 atom stereocenters. The van der Waals surface area contributed by atoms with Crippen LogP contribution in [0.5, 0.6) is 0 Å². The number of rotatable bonds is 6. The molecule has 0 bridgehead atoms. The molecule has 0 aromatic carbocycles. The number of aliphatic hydroxyl groups is 1. The second-order valence-electron chi connectivity index (χ2n) is 5.00. The van der Waals surface area contributed by atoms with Gasteiger partial charge >= 0.3 is 12.1 Å². The van der Waals surface area contributed by atoms with Crippen LogP contribution in [-0.2, 0) is 19.1 Å². The van der Waals surface area contributed by atoms with Crippen molar-refractivity contribution in [1.29, 1.82) is 0 Å². The molecular formula is C14H20ClNO6. The predicted molar refractivity (Wildman–Crippen MR) is 78.5 cm³/mol. The molecule has 0 saturated heterocycles. The van der Waals surface area contributed by atoms with Crippen molar-refractivity contribution >= 4 is 29.4 Å². The number of alkyl halides is 1. The van der Waals surface area contributed by atoms with Crippen LogP contribution in [0.2, 0.25) is 0 Å². The molecule has 124 valence electrons. The molecule has 0 unspecified atom stereocenters. The molecule has 0 aromatic rings. The summed E-state index contributed by atoms with van der Waals surface area (Å²) in [5.74, 6) is -1.28. The molecule has 1 aliphatic rings. The van der Waals surface area contributed by atoms with Gasteiger partial charge in [-0.1, -0.05) is 12.7 Å². The predicted octanol–water partition coefficient (Wildman–Crippen LogP) is 0.778. The topological polar surface area (TPSA) is 102 Å². The number of aliphatic hydroxyl groups excluding tert-OH is 1. The molecule has 1 rings (SSSR count). The highest BCUT2D eigenvalue weighted by Gasteiger charge is 2.39. The molecule has 0 heterocycles. The first kappa shape index (κ1) is 18.4. The number of Topliss-reactive ketones (excluding diaryl/α,β-unsaturated/α-hetero) is 1. The van der Waals surface area contributed by atoms with E-state index in [4.69, 9.17) is 16.3 Å². The van der Waals surface area contributed by atoms with Gasteiger partial charge in [0.1, 0.15) is 18.0 Å². The first-order valence-corrected chi connectivity index (χ1v) is 7.31. The van der Waals surface area contributed by atoms with Crippen LogP contribution in [0.25, 0.3) is 0 Å². The Labute approximate surface area is 133 Å². The fourth-order valence-electron chi connectivity index (χ4n) is 2.30. The van der Waals surface area contributed by atoms with Gasteiger partial charge in [-0.2, -0.15) is 0 Å². The molecule has 2 N–H and O–H groups in total. The van der Waals surface area contributed by atoms with Gasteiger partial charge in [0.15, 0.2) is 5.78 Å². The van der Waals surface area contributed by atoms with Crippen LogP contribution in [0.15, 0.2) is 12.7 Å². The largest absolute Gasteiger partial charge is 0.467 e. The number of esters is 1. The third-order valence-electron chi connectivity index (χ3n) is 3.50. The Morgan fingerprint density at radius 3 is 2.86 bits per heavy atom. The van der Waals surface area contributed by atoms with E-state index in [0.717, 1.165) is 0 Å². The Morgan fingerprint density at radius 1 is 1.59 bits per heavy atom. The number of alkyl carbamates (subject to hydrolysis) is 1. The number of nitrogens with one attached hydrogen (secondary N) is 1. The number of methoxy groups -OCH3 is 1. The summed E-state index contributed by atoms with van der Waals surface area (Å²) in [6.45, 7) is 3.41. The SMILES string of the molecule is C=CCOC(=O)N[C@@H](C[C@@H]1CCC(=O)[C@H](Cl)[C@H]1O)C(=O)OC. The van der Waals surface area contributed by atoms with Gasteiger partial charge in [0, 0.05) is 6.42 Å². The first-order chi connectivity index (χ1) is 10.4. The number of carbonyl (C=O) groups is 3. The second-order valence-corrected chi connectivity index (χ2v) is 5.47. The van der Waals surface area contributed by atoms with Crippen molar-refractivity contribution in [3.05, 3.63) is 12.7 Å². The standard InChI is InChI=1S/C14H20ClNO6/c1-3-6-22-14(20)16-9(13(19)21-2)7-8-4-5-10(17)11(15)12(8)18/h3,8-9,11-12,18H,1,4-7H2,2H3,(H,16,20)/t8-,9-,11-,12-/m0/s1. The lowest BCUT2D eigenvalue weighted by molar-refractivity contribution is -0.143. The number of halogens is 1. The third kappa shape index (κ3) is 4.99. The van der Waals surface area contributed by atoms with Crippen molar-refractivity contribution in [3.63, 3.8) is 0 Å². The normalized spacial score (nSPS) is 26.0. The maximum atomic E-state index is 11.8. The lowest BCUT2D eigenvalue weighted by Gasteiger charge is -2.32. The van der Waals surface area contributed by atoms with Gasteiger partial charge in [-0.3, -0.25) is 4.79 Å². The van der Waals surface area contributed by atoms with E-state index in [2.05, 4.69) is 16.6 Å². The highest BCUT2D eigenvalue weighted by molar-refractivity contribution is 6.31. The monoisotopic (exact) mass is 333 g/mol. The lowest BCUT2D eigenvalue weighted by Crippen LogP contribution is -2.47. The number of hydrogen-bond acceptors (Lipinski definition) is 6. The summed E-state index contributed by atoms with van der Waals surface area (Å²) in [4.78, 5) is 34.7. The molecule has 1 aliphatic carbocycles. The molecule has 1 fully saturated rings. The fourth-order valence-corrected chi connectivity index (χ4v) is 2.62. The zero-order valence-electron chi connectivity index (χ0n) is 12.3. The maximum absolute atomic E-state index is 11.8. The minimum Gasteiger partial charge on any atom is -0.467 e. The number of amides is 1. The molecule has 8 heteroatoms. The average molecular weight is 334 g/mol. The van der Waals surface area contributed by atoms with Crippen molar-refractivity contribution in [1.82, 2.24) is 5.32 Å². The quantitative estimate of drug-likeness (QED) is 0.423. The van der Waals surface area contributed by atoms with Gasteiger partial charge < -0.3 is 19.9 Å². The Bertz CT molecular complexity index is 441. The third-order valence-corrected chi connectivity index (χ3v) is 4.00. The molecule has 0 aromatic heterocycles. The van der Waals surface area contributed by atoms with Crippen LogP contribution < -0.4 is 5.32 Å². The Kier molecular flexibility index (Phi) is 7.34. The smallest absolute Gasteiger partial charge is 0.408 e. The molecule has 1 saturated carbocycles. The zero-order chi connectivity index (χ0) is 16.7. The van der Waals surface area contributed by atoms with Crippen LogP contribution >= 0.6 is 11.6 Å². The van der Waals surface area contributed by atoms with Gasteiger partial charge in [-0.25, -0.2) is 9.59 Å². The summed E-state index contributed by atoms with van der Waals surface area (Å²) in [6.07, 6.45) is 0.250. The van der Waals surface area contributed by atoms with Crippen molar-refractivity contribution in [3.8, 4) is 0 Å². The first-order valence-electron chi connectivity index (χ1n) is 6.87. The summed E-state index contributed by atoms with van der Waals surface area (Å²) in [5.41, 5.74) is 0. The highest BCUT2D eigenvalue weighted by Crippen LogP contribution is 2.29. The molecule has 0 radical (unpaired) electrons. The van der Waals surface area contributed by atoms with Crippen molar-refractivity contribution in [2.24, 2.45) is 5.92 Å². The summed E-state index contributed by atoms with van der Waals surface area (Å²) < 4.78 is 9.38. The molecule has 0 aliphatic heterocycles. The van der Waals surface area contributed by atoms with Gasteiger partial charge in [-0.15, -0.1) is 11.6 Å². The van der Waals surface area contributed by atoms with E-state index < -0.39 is 35.5 Å². The van der Waals surface area contributed by atoms with Crippen LogP contribution in [0, 0.1) is 5.92 Å². The van der Waals surface area contributed by atoms with E-state index in [1.54, 1.807) is 0 Å². The number of ether oxygens (including phenoxy) is 2.